The van der Waals surface area contributed by atoms with Gasteiger partial charge in [0.1, 0.15) is 0 Å². The molecule has 10 heavy (non-hydrogen) atoms. The Labute approximate surface area is 68.8 Å². The third-order valence-corrected chi connectivity index (χ3v) is 3.68. The molecule has 1 rings (SSSR count). The van der Waals surface area contributed by atoms with Crippen LogP contribution in [0.4, 0.5) is 0 Å². The summed E-state index contributed by atoms with van der Waals surface area (Å²) in [6.07, 6.45) is 8.00. The number of hydrogen-bond donors (Lipinski definition) is 0. The SMILES string of the molecule is CCC(C)SC1[CH]CCC1. The highest BCUT2D eigenvalue weighted by molar-refractivity contribution is 8.00. The number of rotatable bonds is 3. The zero-order chi connectivity index (χ0) is 7.40. The molecule has 0 saturated heterocycles. The molecule has 1 aliphatic rings. The van der Waals surface area contributed by atoms with Crippen LogP contribution in [0.5, 0.6) is 0 Å². The van der Waals surface area contributed by atoms with Crippen molar-refractivity contribution >= 4 is 11.8 Å². The molecule has 2 unspecified atom stereocenters. The molecular weight excluding hydrogens is 140 g/mol. The van der Waals surface area contributed by atoms with E-state index in [1.165, 1.54) is 25.7 Å². The topological polar surface area (TPSA) is 0 Å². The lowest BCUT2D eigenvalue weighted by atomic mass is 10.4. The fourth-order valence-electron chi connectivity index (χ4n) is 1.26. The highest BCUT2D eigenvalue weighted by Crippen LogP contribution is 2.32. The van der Waals surface area contributed by atoms with Gasteiger partial charge < -0.3 is 0 Å². The Morgan fingerprint density at radius 2 is 2.50 bits per heavy atom. The Morgan fingerprint density at radius 1 is 1.70 bits per heavy atom. The van der Waals surface area contributed by atoms with Crippen LogP contribution in [-0.4, -0.2) is 10.5 Å². The minimum absolute atomic E-state index is 0.861. The Hall–Kier alpha value is 0.350. The monoisotopic (exact) mass is 157 g/mol. The van der Waals surface area contributed by atoms with Gasteiger partial charge in [-0.1, -0.05) is 20.3 Å². The Balaban J connectivity index is 2.11. The van der Waals surface area contributed by atoms with E-state index in [0.717, 1.165) is 10.5 Å². The van der Waals surface area contributed by atoms with E-state index in [9.17, 15) is 0 Å². The van der Waals surface area contributed by atoms with Crippen molar-refractivity contribution in [3.05, 3.63) is 6.42 Å². The fourth-order valence-corrected chi connectivity index (χ4v) is 2.60. The van der Waals surface area contributed by atoms with Crippen LogP contribution in [0.25, 0.3) is 0 Å². The molecule has 0 aromatic rings. The van der Waals surface area contributed by atoms with Crippen LogP contribution < -0.4 is 0 Å². The van der Waals surface area contributed by atoms with Gasteiger partial charge in [-0.2, -0.15) is 11.8 Å². The van der Waals surface area contributed by atoms with Crippen LogP contribution in [0.3, 0.4) is 0 Å². The van der Waals surface area contributed by atoms with E-state index in [0.29, 0.717) is 0 Å². The predicted octanol–water partition coefficient (Wildman–Crippen LogP) is 3.27. The smallest absolute Gasteiger partial charge is 0.00810 e. The van der Waals surface area contributed by atoms with E-state index < -0.39 is 0 Å². The lowest BCUT2D eigenvalue weighted by Crippen LogP contribution is -2.02. The van der Waals surface area contributed by atoms with E-state index in [-0.39, 0.29) is 0 Å². The van der Waals surface area contributed by atoms with E-state index in [1.807, 2.05) is 0 Å². The van der Waals surface area contributed by atoms with Gasteiger partial charge in [-0.05, 0) is 25.7 Å². The van der Waals surface area contributed by atoms with Gasteiger partial charge in [0.15, 0.2) is 0 Å². The maximum atomic E-state index is 2.48. The first-order valence-corrected chi connectivity index (χ1v) is 5.26. The molecule has 0 aromatic carbocycles. The Kier molecular flexibility index (Phi) is 3.61. The summed E-state index contributed by atoms with van der Waals surface area (Å²) in [5.41, 5.74) is 0. The van der Waals surface area contributed by atoms with Gasteiger partial charge in [0.25, 0.3) is 0 Å². The average Bonchev–Trinajstić information content (AvgIpc) is 2.40. The molecule has 0 heterocycles. The molecule has 0 bridgehead atoms. The normalized spacial score (nSPS) is 23.4. The van der Waals surface area contributed by atoms with Gasteiger partial charge in [-0.25, -0.2) is 0 Å². The third-order valence-electron chi connectivity index (χ3n) is 2.10. The minimum Gasteiger partial charge on any atom is -0.155 e. The molecule has 1 saturated carbocycles. The molecule has 1 fully saturated rings. The molecule has 59 valence electrons. The molecule has 1 radical (unpaired) electrons. The van der Waals surface area contributed by atoms with Crippen LogP contribution in [-0.2, 0) is 0 Å². The van der Waals surface area contributed by atoms with Gasteiger partial charge in [0, 0.05) is 10.5 Å². The number of hydrogen-bond acceptors (Lipinski definition) is 1. The average molecular weight is 157 g/mol. The maximum Gasteiger partial charge on any atom is 0.00810 e. The largest absolute Gasteiger partial charge is 0.155 e. The van der Waals surface area contributed by atoms with Gasteiger partial charge in [-0.15, -0.1) is 0 Å². The summed E-state index contributed by atoms with van der Waals surface area (Å²) in [5, 5.41) is 1.74. The lowest BCUT2D eigenvalue weighted by molar-refractivity contribution is 0.870. The summed E-state index contributed by atoms with van der Waals surface area (Å²) in [6, 6.07) is 0. The van der Waals surface area contributed by atoms with E-state index >= 15 is 0 Å². The summed E-state index contributed by atoms with van der Waals surface area (Å²) in [4.78, 5) is 0. The molecule has 1 heteroatoms. The van der Waals surface area contributed by atoms with Crippen molar-refractivity contribution in [2.75, 3.05) is 0 Å². The van der Waals surface area contributed by atoms with E-state index in [4.69, 9.17) is 0 Å². The predicted molar refractivity (Wildman–Crippen MR) is 49.3 cm³/mol. The molecule has 0 N–H and O–H groups in total. The molecule has 0 aromatic heterocycles. The van der Waals surface area contributed by atoms with Crippen LogP contribution in [0.1, 0.15) is 39.5 Å². The summed E-state index contributed by atoms with van der Waals surface area (Å²) in [5.74, 6) is 0. The zero-order valence-electron chi connectivity index (χ0n) is 6.97. The molecule has 1 aliphatic carbocycles. The molecular formula is C9H17S. The molecule has 0 aliphatic heterocycles. The molecule has 0 spiro atoms. The third kappa shape index (κ3) is 2.53. The standard InChI is InChI=1S/C9H17S/c1-3-8(2)10-9-6-4-5-7-9/h6,8-9H,3-5,7H2,1-2H3. The summed E-state index contributed by atoms with van der Waals surface area (Å²) in [7, 11) is 0. The first-order chi connectivity index (χ1) is 4.83. The minimum atomic E-state index is 0.861. The summed E-state index contributed by atoms with van der Waals surface area (Å²) in [6.45, 7) is 4.60. The second-order valence-electron chi connectivity index (χ2n) is 3.06. The van der Waals surface area contributed by atoms with Crippen LogP contribution in [0, 0.1) is 6.42 Å². The number of thioether (sulfide) groups is 1. The Bertz CT molecular complexity index is 84.7. The second-order valence-corrected chi connectivity index (χ2v) is 4.74. The first kappa shape index (κ1) is 8.45. The zero-order valence-corrected chi connectivity index (χ0v) is 7.79. The van der Waals surface area contributed by atoms with Crippen molar-refractivity contribution in [2.24, 2.45) is 0 Å². The molecule has 0 nitrogen and oxygen atoms in total. The van der Waals surface area contributed by atoms with Gasteiger partial charge in [0.2, 0.25) is 0 Å². The maximum absolute atomic E-state index is 2.48. The van der Waals surface area contributed by atoms with Crippen molar-refractivity contribution in [1.82, 2.24) is 0 Å². The summed E-state index contributed by atoms with van der Waals surface area (Å²) >= 11 is 2.15. The van der Waals surface area contributed by atoms with Gasteiger partial charge in [0.05, 0.1) is 0 Å². The van der Waals surface area contributed by atoms with Crippen molar-refractivity contribution < 1.29 is 0 Å². The molecule has 2 atom stereocenters. The highest BCUT2D eigenvalue weighted by Gasteiger charge is 2.17. The quantitative estimate of drug-likeness (QED) is 0.606. The van der Waals surface area contributed by atoms with Gasteiger partial charge >= 0.3 is 0 Å². The second kappa shape index (κ2) is 4.27. The first-order valence-electron chi connectivity index (χ1n) is 4.31. The van der Waals surface area contributed by atoms with Crippen LogP contribution in [0.2, 0.25) is 0 Å². The lowest BCUT2D eigenvalue weighted by Gasteiger charge is -2.13. The van der Waals surface area contributed by atoms with Crippen molar-refractivity contribution in [3.8, 4) is 0 Å². The van der Waals surface area contributed by atoms with E-state index in [2.05, 4.69) is 32.0 Å². The van der Waals surface area contributed by atoms with Crippen molar-refractivity contribution in [1.29, 1.82) is 0 Å². The van der Waals surface area contributed by atoms with Crippen LogP contribution >= 0.6 is 11.8 Å². The fraction of sp³-hybridized carbons (Fsp3) is 0.889. The highest BCUT2D eigenvalue weighted by atomic mass is 32.2. The summed E-state index contributed by atoms with van der Waals surface area (Å²) < 4.78 is 0. The van der Waals surface area contributed by atoms with Gasteiger partial charge in [-0.3, -0.25) is 0 Å². The van der Waals surface area contributed by atoms with Crippen LogP contribution in [0.15, 0.2) is 0 Å². The van der Waals surface area contributed by atoms with Crippen molar-refractivity contribution in [2.45, 2.75) is 50.0 Å². The van der Waals surface area contributed by atoms with Crippen molar-refractivity contribution in [3.63, 3.8) is 0 Å². The Morgan fingerprint density at radius 3 is 3.00 bits per heavy atom. The van der Waals surface area contributed by atoms with E-state index in [1.54, 1.807) is 0 Å². The molecule has 0 amide bonds.